The first kappa shape index (κ1) is 20.1. The lowest BCUT2D eigenvalue weighted by molar-refractivity contribution is -0.144. The zero-order valence-corrected chi connectivity index (χ0v) is 17.8. The minimum atomic E-state index is 0.0368. The van der Waals surface area contributed by atoms with E-state index in [2.05, 4.69) is 4.90 Å². The Hall–Kier alpha value is -1.83. The molecule has 8 nitrogen and oxygen atoms in total. The molecule has 0 aliphatic carbocycles. The summed E-state index contributed by atoms with van der Waals surface area (Å²) in [5, 5.41) is 0. The smallest absolute Gasteiger partial charge is 0.320 e. The summed E-state index contributed by atoms with van der Waals surface area (Å²) >= 11 is 0. The average molecular weight is 419 g/mol. The largest absolute Gasteiger partial charge is 0.378 e. The molecule has 2 bridgehead atoms. The van der Waals surface area contributed by atoms with E-state index >= 15 is 0 Å². The van der Waals surface area contributed by atoms with Gasteiger partial charge < -0.3 is 24.3 Å². The van der Waals surface area contributed by atoms with Crippen LogP contribution in [-0.2, 0) is 14.3 Å². The molecule has 5 fully saturated rings. The van der Waals surface area contributed by atoms with Crippen LogP contribution in [-0.4, -0.2) is 103 Å². The second-order valence-corrected chi connectivity index (χ2v) is 9.75. The summed E-state index contributed by atoms with van der Waals surface area (Å²) in [7, 11) is 0. The maximum Gasteiger partial charge on any atom is 0.320 e. The van der Waals surface area contributed by atoms with Gasteiger partial charge in [0, 0.05) is 64.2 Å². The first-order valence-corrected chi connectivity index (χ1v) is 11.8. The van der Waals surface area contributed by atoms with Crippen LogP contribution in [0.25, 0.3) is 0 Å². The van der Waals surface area contributed by atoms with Crippen molar-refractivity contribution in [2.45, 2.75) is 44.6 Å². The molecule has 0 radical (unpaired) electrons. The van der Waals surface area contributed by atoms with Crippen molar-refractivity contribution in [1.29, 1.82) is 0 Å². The maximum absolute atomic E-state index is 13.2. The summed E-state index contributed by atoms with van der Waals surface area (Å²) in [6.45, 7) is 6.33. The summed E-state index contributed by atoms with van der Waals surface area (Å²) in [5.74, 6) is 1.42. The molecule has 5 rings (SSSR count). The molecule has 0 saturated carbocycles. The molecule has 3 atom stereocenters. The number of amides is 4. The second-order valence-electron chi connectivity index (χ2n) is 9.75. The van der Waals surface area contributed by atoms with Gasteiger partial charge in [0.2, 0.25) is 11.8 Å². The topological polar surface area (TPSA) is 73.4 Å². The number of likely N-dealkylation sites (tertiary alicyclic amines) is 2. The summed E-state index contributed by atoms with van der Waals surface area (Å²) in [5.41, 5.74) is 0. The highest BCUT2D eigenvalue weighted by Crippen LogP contribution is 2.38. The van der Waals surface area contributed by atoms with E-state index in [0.717, 1.165) is 51.7 Å². The van der Waals surface area contributed by atoms with E-state index in [0.29, 0.717) is 69.6 Å². The highest BCUT2D eigenvalue weighted by molar-refractivity contribution is 5.80. The van der Waals surface area contributed by atoms with Crippen LogP contribution >= 0.6 is 0 Å². The SMILES string of the molecule is O=C(C1CCN(C(=O)N2C[C@@H]3C[C@H](C2)[C@H]2CCCC(=O)N2C3)CC1)N1CCOCC1. The quantitative estimate of drug-likeness (QED) is 0.637. The number of carbonyl (C=O) groups is 3. The van der Waals surface area contributed by atoms with Gasteiger partial charge >= 0.3 is 6.03 Å². The van der Waals surface area contributed by atoms with E-state index in [1.165, 1.54) is 0 Å². The number of carbonyl (C=O) groups excluding carboxylic acids is 3. The number of rotatable bonds is 1. The fraction of sp³-hybridized carbons (Fsp3) is 0.864. The predicted octanol–water partition coefficient (Wildman–Crippen LogP) is 1.01. The Bertz CT molecular complexity index is 687. The van der Waals surface area contributed by atoms with Gasteiger partial charge in [-0.3, -0.25) is 9.59 Å². The van der Waals surface area contributed by atoms with Crippen molar-refractivity contribution in [3.63, 3.8) is 0 Å². The predicted molar refractivity (Wildman–Crippen MR) is 110 cm³/mol. The summed E-state index contributed by atoms with van der Waals surface area (Å²) in [4.78, 5) is 46.4. The van der Waals surface area contributed by atoms with Crippen LogP contribution in [0.4, 0.5) is 4.79 Å². The summed E-state index contributed by atoms with van der Waals surface area (Å²) < 4.78 is 5.35. The van der Waals surface area contributed by atoms with Crippen molar-refractivity contribution in [3.8, 4) is 0 Å². The number of ether oxygens (including phenoxy) is 1. The maximum atomic E-state index is 13.2. The van der Waals surface area contributed by atoms with Gasteiger partial charge in [-0.1, -0.05) is 0 Å². The third-order valence-corrected chi connectivity index (χ3v) is 7.89. The van der Waals surface area contributed by atoms with E-state index in [4.69, 9.17) is 4.74 Å². The lowest BCUT2D eigenvalue weighted by Gasteiger charge is -2.53. The Labute approximate surface area is 178 Å². The fourth-order valence-corrected chi connectivity index (χ4v) is 6.33. The minimum absolute atomic E-state index is 0.0368. The van der Waals surface area contributed by atoms with Crippen molar-refractivity contribution < 1.29 is 19.1 Å². The van der Waals surface area contributed by atoms with Crippen LogP contribution in [0, 0.1) is 17.8 Å². The number of urea groups is 1. The van der Waals surface area contributed by atoms with E-state index in [9.17, 15) is 14.4 Å². The Morgan fingerprint density at radius 1 is 0.867 bits per heavy atom. The molecule has 0 spiro atoms. The number of fused-ring (bicyclic) bond motifs is 4. The fourth-order valence-electron chi connectivity index (χ4n) is 6.33. The molecule has 166 valence electrons. The van der Waals surface area contributed by atoms with Crippen molar-refractivity contribution in [2.75, 3.05) is 59.0 Å². The summed E-state index contributed by atoms with van der Waals surface area (Å²) in [6, 6.07) is 0.465. The zero-order valence-electron chi connectivity index (χ0n) is 17.8. The lowest BCUT2D eigenvalue weighted by atomic mass is 9.76. The lowest BCUT2D eigenvalue weighted by Crippen LogP contribution is -2.62. The van der Waals surface area contributed by atoms with Gasteiger partial charge in [-0.2, -0.15) is 0 Å². The van der Waals surface area contributed by atoms with Gasteiger partial charge in [-0.25, -0.2) is 4.79 Å². The van der Waals surface area contributed by atoms with Crippen LogP contribution < -0.4 is 0 Å². The number of hydrogen-bond acceptors (Lipinski definition) is 4. The van der Waals surface area contributed by atoms with E-state index in [1.54, 1.807) is 0 Å². The second kappa shape index (κ2) is 8.36. The molecule has 0 aromatic rings. The molecule has 8 heteroatoms. The first-order chi connectivity index (χ1) is 14.6. The molecule has 30 heavy (non-hydrogen) atoms. The number of hydrogen-bond donors (Lipinski definition) is 0. The van der Waals surface area contributed by atoms with Gasteiger partial charge in [-0.15, -0.1) is 0 Å². The third kappa shape index (κ3) is 3.79. The molecular weight excluding hydrogens is 384 g/mol. The van der Waals surface area contributed by atoms with E-state index in [-0.39, 0.29) is 17.9 Å². The van der Waals surface area contributed by atoms with Gasteiger partial charge in [-0.05, 0) is 43.9 Å². The monoisotopic (exact) mass is 418 g/mol. The molecular formula is C22H34N4O4. The highest BCUT2D eigenvalue weighted by Gasteiger charge is 2.45. The Morgan fingerprint density at radius 3 is 2.40 bits per heavy atom. The van der Waals surface area contributed by atoms with Crippen LogP contribution in [0.5, 0.6) is 0 Å². The van der Waals surface area contributed by atoms with E-state index in [1.807, 2.05) is 14.7 Å². The van der Waals surface area contributed by atoms with Crippen LogP contribution in [0.15, 0.2) is 0 Å². The van der Waals surface area contributed by atoms with Gasteiger partial charge in [0.05, 0.1) is 13.2 Å². The van der Waals surface area contributed by atoms with Crippen LogP contribution in [0.2, 0.25) is 0 Å². The number of morpholine rings is 1. The molecule has 0 N–H and O–H groups in total. The van der Waals surface area contributed by atoms with Gasteiger partial charge in [0.25, 0.3) is 0 Å². The minimum Gasteiger partial charge on any atom is -0.378 e. The van der Waals surface area contributed by atoms with E-state index < -0.39 is 0 Å². The normalized spacial score (nSPS) is 32.8. The van der Waals surface area contributed by atoms with Crippen LogP contribution in [0.3, 0.4) is 0 Å². The van der Waals surface area contributed by atoms with Crippen molar-refractivity contribution in [2.24, 2.45) is 17.8 Å². The van der Waals surface area contributed by atoms with Crippen molar-refractivity contribution in [3.05, 3.63) is 0 Å². The zero-order chi connectivity index (χ0) is 20.7. The Balaban J connectivity index is 1.16. The summed E-state index contributed by atoms with van der Waals surface area (Å²) in [6.07, 6.45) is 5.42. The molecule has 5 aliphatic heterocycles. The van der Waals surface area contributed by atoms with Crippen LogP contribution in [0.1, 0.15) is 38.5 Å². The molecule has 5 saturated heterocycles. The molecule has 5 aliphatic rings. The van der Waals surface area contributed by atoms with Gasteiger partial charge in [0.1, 0.15) is 0 Å². The molecule has 0 unspecified atom stereocenters. The highest BCUT2D eigenvalue weighted by atomic mass is 16.5. The molecule has 0 aromatic heterocycles. The van der Waals surface area contributed by atoms with Gasteiger partial charge in [0.15, 0.2) is 0 Å². The molecule has 4 amide bonds. The Morgan fingerprint density at radius 2 is 1.63 bits per heavy atom. The van der Waals surface area contributed by atoms with Crippen molar-refractivity contribution in [1.82, 2.24) is 19.6 Å². The number of nitrogens with zero attached hydrogens (tertiary/aromatic N) is 4. The third-order valence-electron chi connectivity index (χ3n) is 7.89. The number of piperidine rings is 4. The average Bonchev–Trinajstić information content (AvgIpc) is 2.79. The molecule has 0 aromatic carbocycles. The standard InChI is InChI=1S/C22H34N4O4/c27-20-3-1-2-19-18-12-16(14-26(19)20)13-25(15-18)22(29)24-6-4-17(5-7-24)21(28)23-8-10-30-11-9-23/h16-19H,1-15H2/t16-,18+,19+/m0/s1. The van der Waals surface area contributed by atoms with Crippen molar-refractivity contribution >= 4 is 17.8 Å². The Kier molecular flexibility index (Phi) is 5.60. The first-order valence-electron chi connectivity index (χ1n) is 11.8. The molecule has 5 heterocycles.